The minimum atomic E-state index is -3.65. The molecular formula is C17H18BrClN2O3S. The molecule has 1 amide bonds. The minimum absolute atomic E-state index is 0.232. The highest BCUT2D eigenvalue weighted by Crippen LogP contribution is 2.20. The van der Waals surface area contributed by atoms with E-state index in [1.807, 2.05) is 19.9 Å². The number of carbonyl (C=O) groups is 1. The van der Waals surface area contributed by atoms with Crippen LogP contribution in [-0.4, -0.2) is 20.9 Å². The SMILES string of the molecule is Cc1cc(NC(=O)CNS(=O)(=O)Cc2cc(Cl)ccc2C)ccc1Br. The van der Waals surface area contributed by atoms with Crippen LogP contribution in [0.1, 0.15) is 16.7 Å². The summed E-state index contributed by atoms with van der Waals surface area (Å²) in [5, 5.41) is 3.13. The quantitative estimate of drug-likeness (QED) is 0.710. The van der Waals surface area contributed by atoms with Crippen molar-refractivity contribution < 1.29 is 13.2 Å². The molecular weight excluding hydrogens is 428 g/mol. The lowest BCUT2D eigenvalue weighted by Crippen LogP contribution is -2.33. The van der Waals surface area contributed by atoms with Gasteiger partial charge in [-0.05, 0) is 60.9 Å². The van der Waals surface area contributed by atoms with Gasteiger partial charge < -0.3 is 5.32 Å². The van der Waals surface area contributed by atoms with Crippen molar-refractivity contribution in [2.45, 2.75) is 19.6 Å². The predicted octanol–water partition coefficient (Wildman–Crippen LogP) is 3.78. The van der Waals surface area contributed by atoms with Crippen LogP contribution in [0.3, 0.4) is 0 Å². The molecule has 0 unspecified atom stereocenters. The van der Waals surface area contributed by atoms with Crippen LogP contribution in [0, 0.1) is 13.8 Å². The van der Waals surface area contributed by atoms with Crippen LogP contribution in [0.15, 0.2) is 40.9 Å². The van der Waals surface area contributed by atoms with E-state index in [2.05, 4.69) is 26.0 Å². The van der Waals surface area contributed by atoms with E-state index in [0.29, 0.717) is 16.3 Å². The van der Waals surface area contributed by atoms with Crippen LogP contribution in [0.5, 0.6) is 0 Å². The molecule has 2 aromatic rings. The van der Waals surface area contributed by atoms with Gasteiger partial charge in [-0.25, -0.2) is 13.1 Å². The second-order valence-corrected chi connectivity index (χ2v) is 8.76. The number of halogens is 2. The molecule has 0 saturated heterocycles. The summed E-state index contributed by atoms with van der Waals surface area (Å²) in [5.74, 6) is -0.669. The van der Waals surface area contributed by atoms with Crippen molar-refractivity contribution in [3.8, 4) is 0 Å². The smallest absolute Gasteiger partial charge is 0.239 e. The number of benzene rings is 2. The number of nitrogens with one attached hydrogen (secondary N) is 2. The third-order valence-corrected chi connectivity index (χ3v) is 5.95. The highest BCUT2D eigenvalue weighted by atomic mass is 79.9. The second kappa shape index (κ2) is 8.31. The Morgan fingerprint density at radius 2 is 1.84 bits per heavy atom. The van der Waals surface area contributed by atoms with E-state index in [9.17, 15) is 13.2 Å². The predicted molar refractivity (Wildman–Crippen MR) is 104 cm³/mol. The van der Waals surface area contributed by atoms with Crippen LogP contribution in [0.2, 0.25) is 5.02 Å². The average molecular weight is 446 g/mol. The van der Waals surface area contributed by atoms with Gasteiger partial charge in [-0.1, -0.05) is 33.6 Å². The van der Waals surface area contributed by atoms with E-state index in [1.54, 1.807) is 30.3 Å². The van der Waals surface area contributed by atoms with Crippen molar-refractivity contribution in [1.82, 2.24) is 4.72 Å². The van der Waals surface area contributed by atoms with E-state index >= 15 is 0 Å². The van der Waals surface area contributed by atoms with Crippen LogP contribution in [0.25, 0.3) is 0 Å². The summed E-state index contributed by atoms with van der Waals surface area (Å²) in [4.78, 5) is 12.0. The van der Waals surface area contributed by atoms with Gasteiger partial charge in [0.2, 0.25) is 15.9 Å². The van der Waals surface area contributed by atoms with Crippen molar-refractivity contribution in [1.29, 1.82) is 0 Å². The van der Waals surface area contributed by atoms with Gasteiger partial charge in [-0.2, -0.15) is 0 Å². The standard InChI is InChI=1S/C17H18BrClN2O3S/c1-11-3-4-14(19)8-13(11)10-25(23,24)20-9-17(22)21-15-5-6-16(18)12(2)7-15/h3-8,20H,9-10H2,1-2H3,(H,21,22). The first-order valence-electron chi connectivity index (χ1n) is 7.44. The fraction of sp³-hybridized carbons (Fsp3) is 0.235. The molecule has 2 rings (SSSR count). The molecule has 2 aromatic carbocycles. The molecule has 0 aromatic heterocycles. The molecule has 8 heteroatoms. The largest absolute Gasteiger partial charge is 0.325 e. The molecule has 5 nitrogen and oxygen atoms in total. The number of aryl methyl sites for hydroxylation is 2. The molecule has 0 saturated carbocycles. The Hall–Kier alpha value is -1.41. The van der Waals surface area contributed by atoms with E-state index in [4.69, 9.17) is 11.6 Å². The molecule has 134 valence electrons. The number of anilines is 1. The van der Waals surface area contributed by atoms with Crippen LogP contribution < -0.4 is 10.0 Å². The number of hydrogen-bond acceptors (Lipinski definition) is 3. The van der Waals surface area contributed by atoms with Crippen molar-refractivity contribution in [3.63, 3.8) is 0 Å². The summed E-state index contributed by atoms with van der Waals surface area (Å²) in [6.45, 7) is 3.37. The van der Waals surface area contributed by atoms with Gasteiger partial charge in [0, 0.05) is 15.2 Å². The van der Waals surface area contributed by atoms with Gasteiger partial charge in [0.15, 0.2) is 0 Å². The lowest BCUT2D eigenvalue weighted by molar-refractivity contribution is -0.115. The molecule has 2 N–H and O–H groups in total. The fourth-order valence-corrected chi connectivity index (χ4v) is 3.77. The number of hydrogen-bond donors (Lipinski definition) is 2. The Morgan fingerprint density at radius 3 is 2.52 bits per heavy atom. The Labute approximate surface area is 161 Å². The van der Waals surface area contributed by atoms with Gasteiger partial charge in [0.25, 0.3) is 0 Å². The number of rotatable bonds is 6. The molecule has 0 bridgehead atoms. The van der Waals surface area contributed by atoms with Crippen molar-refractivity contribution >= 4 is 49.1 Å². The van der Waals surface area contributed by atoms with E-state index < -0.39 is 15.9 Å². The highest BCUT2D eigenvalue weighted by molar-refractivity contribution is 9.10. The normalized spacial score (nSPS) is 11.4. The summed E-state index contributed by atoms with van der Waals surface area (Å²) >= 11 is 9.29. The van der Waals surface area contributed by atoms with E-state index in [1.165, 1.54) is 0 Å². The van der Waals surface area contributed by atoms with Crippen molar-refractivity contribution in [2.24, 2.45) is 0 Å². The van der Waals surface area contributed by atoms with Gasteiger partial charge >= 0.3 is 0 Å². The molecule has 0 atom stereocenters. The number of carbonyl (C=O) groups excluding carboxylic acids is 1. The lowest BCUT2D eigenvalue weighted by atomic mass is 10.1. The maximum Gasteiger partial charge on any atom is 0.239 e. The average Bonchev–Trinajstić information content (AvgIpc) is 2.52. The summed E-state index contributed by atoms with van der Waals surface area (Å²) in [6, 6.07) is 10.4. The first-order valence-corrected chi connectivity index (χ1v) is 10.3. The van der Waals surface area contributed by atoms with Crippen molar-refractivity contribution in [3.05, 3.63) is 62.6 Å². The Morgan fingerprint density at radius 1 is 1.12 bits per heavy atom. The molecule has 0 aliphatic heterocycles. The number of sulfonamides is 1. The zero-order valence-electron chi connectivity index (χ0n) is 13.8. The van der Waals surface area contributed by atoms with E-state index in [0.717, 1.165) is 15.6 Å². The molecule has 0 radical (unpaired) electrons. The molecule has 25 heavy (non-hydrogen) atoms. The summed E-state index contributed by atoms with van der Waals surface area (Å²) < 4.78 is 27.6. The maximum atomic E-state index is 12.2. The van der Waals surface area contributed by atoms with Crippen LogP contribution >= 0.6 is 27.5 Å². The Balaban J connectivity index is 1.95. The highest BCUT2D eigenvalue weighted by Gasteiger charge is 2.15. The second-order valence-electron chi connectivity index (χ2n) is 5.66. The Bertz CT molecular complexity index is 901. The maximum absolute atomic E-state index is 12.2. The third kappa shape index (κ3) is 6.11. The molecule has 0 spiro atoms. The van der Waals surface area contributed by atoms with Crippen LogP contribution in [-0.2, 0) is 20.6 Å². The fourth-order valence-electron chi connectivity index (χ4n) is 2.15. The van der Waals surface area contributed by atoms with Crippen LogP contribution in [0.4, 0.5) is 5.69 Å². The monoisotopic (exact) mass is 444 g/mol. The van der Waals surface area contributed by atoms with Gasteiger partial charge in [-0.3, -0.25) is 4.79 Å². The van der Waals surface area contributed by atoms with Gasteiger partial charge in [-0.15, -0.1) is 0 Å². The first-order chi connectivity index (χ1) is 11.7. The van der Waals surface area contributed by atoms with Gasteiger partial charge in [0.1, 0.15) is 0 Å². The molecule has 0 heterocycles. The summed E-state index contributed by atoms with van der Waals surface area (Å²) in [5.41, 5.74) is 3.00. The topological polar surface area (TPSA) is 75.3 Å². The lowest BCUT2D eigenvalue weighted by Gasteiger charge is -2.10. The van der Waals surface area contributed by atoms with Gasteiger partial charge in [0.05, 0.1) is 12.3 Å². The molecule has 0 aliphatic rings. The zero-order valence-corrected chi connectivity index (χ0v) is 16.9. The van der Waals surface area contributed by atoms with E-state index in [-0.39, 0.29) is 12.3 Å². The third-order valence-electron chi connectivity index (χ3n) is 3.55. The summed E-state index contributed by atoms with van der Waals surface area (Å²) in [7, 11) is -3.65. The molecule has 0 aliphatic carbocycles. The van der Waals surface area contributed by atoms with Crippen molar-refractivity contribution in [2.75, 3.05) is 11.9 Å². The minimum Gasteiger partial charge on any atom is -0.325 e. The Kier molecular flexibility index (Phi) is 6.62. The number of amides is 1. The molecule has 0 fully saturated rings. The summed E-state index contributed by atoms with van der Waals surface area (Å²) in [6.07, 6.45) is 0. The zero-order chi connectivity index (χ0) is 18.6. The first kappa shape index (κ1) is 19.9.